The average molecular weight is 382 g/mol. The Labute approximate surface area is 162 Å². The largest absolute Gasteiger partial charge is 0.496 e. The summed E-state index contributed by atoms with van der Waals surface area (Å²) in [4.78, 5) is 15.0. The number of carbonyl (C=O) groups excluding carboxylic acids is 1. The molecule has 1 fully saturated rings. The first-order chi connectivity index (χ1) is 13.2. The SMILES string of the molecule is COc1ccc(C(=O)Nc2ccc(N3CCC(O)CC3)cc2)c2sccc12. The molecule has 2 N–H and O–H groups in total. The van der Waals surface area contributed by atoms with E-state index in [-0.39, 0.29) is 12.0 Å². The molecule has 0 spiro atoms. The lowest BCUT2D eigenvalue weighted by Gasteiger charge is -2.31. The summed E-state index contributed by atoms with van der Waals surface area (Å²) in [5, 5.41) is 15.5. The second kappa shape index (κ2) is 7.58. The number of nitrogens with one attached hydrogen (secondary N) is 1. The molecule has 2 aromatic carbocycles. The molecule has 0 atom stereocenters. The average Bonchev–Trinajstić information content (AvgIpc) is 3.18. The Hall–Kier alpha value is -2.57. The van der Waals surface area contributed by atoms with Crippen LogP contribution in [0.1, 0.15) is 23.2 Å². The smallest absolute Gasteiger partial charge is 0.257 e. The highest BCUT2D eigenvalue weighted by molar-refractivity contribution is 7.17. The van der Waals surface area contributed by atoms with Gasteiger partial charge in [0, 0.05) is 29.9 Å². The Morgan fingerprint density at radius 1 is 1.15 bits per heavy atom. The van der Waals surface area contributed by atoms with Crippen molar-refractivity contribution in [2.75, 3.05) is 30.4 Å². The predicted molar refractivity (Wildman–Crippen MR) is 110 cm³/mol. The van der Waals surface area contributed by atoms with Crippen LogP contribution in [0.2, 0.25) is 0 Å². The van der Waals surface area contributed by atoms with Gasteiger partial charge >= 0.3 is 0 Å². The molecule has 6 heteroatoms. The second-order valence-corrected chi connectivity index (χ2v) is 7.61. The van der Waals surface area contributed by atoms with Gasteiger partial charge in [-0.15, -0.1) is 11.3 Å². The summed E-state index contributed by atoms with van der Waals surface area (Å²) < 4.78 is 6.30. The third-order valence-corrected chi connectivity index (χ3v) is 5.94. The van der Waals surface area contributed by atoms with Crippen LogP contribution in [0.5, 0.6) is 5.75 Å². The predicted octanol–water partition coefficient (Wildman–Crippen LogP) is 4.12. The molecule has 1 aliphatic heterocycles. The van der Waals surface area contributed by atoms with E-state index < -0.39 is 0 Å². The maximum Gasteiger partial charge on any atom is 0.257 e. The van der Waals surface area contributed by atoms with Gasteiger partial charge in [0.15, 0.2) is 0 Å². The highest BCUT2D eigenvalue weighted by atomic mass is 32.1. The third-order valence-electron chi connectivity index (χ3n) is 5.00. The van der Waals surface area contributed by atoms with Crippen LogP contribution < -0.4 is 15.0 Å². The van der Waals surface area contributed by atoms with E-state index in [0.717, 1.165) is 53.1 Å². The van der Waals surface area contributed by atoms with Crippen molar-refractivity contribution < 1.29 is 14.6 Å². The summed E-state index contributed by atoms with van der Waals surface area (Å²) in [7, 11) is 1.64. The van der Waals surface area contributed by atoms with Crippen LogP contribution in [-0.4, -0.2) is 37.3 Å². The van der Waals surface area contributed by atoms with Crippen molar-refractivity contribution in [2.24, 2.45) is 0 Å². The molecule has 0 bridgehead atoms. The molecule has 3 aromatic rings. The Morgan fingerprint density at radius 2 is 1.89 bits per heavy atom. The number of rotatable bonds is 4. The number of fused-ring (bicyclic) bond motifs is 1. The number of ether oxygens (including phenoxy) is 1. The van der Waals surface area contributed by atoms with Gasteiger partial charge < -0.3 is 20.1 Å². The van der Waals surface area contributed by atoms with E-state index in [4.69, 9.17) is 4.74 Å². The first-order valence-electron chi connectivity index (χ1n) is 9.04. The van der Waals surface area contributed by atoms with Gasteiger partial charge in [0.05, 0.1) is 23.5 Å². The van der Waals surface area contributed by atoms with Gasteiger partial charge in [-0.25, -0.2) is 0 Å². The zero-order valence-corrected chi connectivity index (χ0v) is 16.0. The van der Waals surface area contributed by atoms with E-state index in [1.165, 1.54) is 11.3 Å². The molecular weight excluding hydrogens is 360 g/mol. The summed E-state index contributed by atoms with van der Waals surface area (Å²) in [6, 6.07) is 13.5. The van der Waals surface area contributed by atoms with Crippen LogP contribution in [0.25, 0.3) is 10.1 Å². The zero-order chi connectivity index (χ0) is 18.8. The summed E-state index contributed by atoms with van der Waals surface area (Å²) in [6.45, 7) is 1.71. The molecule has 1 aromatic heterocycles. The van der Waals surface area contributed by atoms with Crippen molar-refractivity contribution in [1.29, 1.82) is 0 Å². The van der Waals surface area contributed by atoms with E-state index in [1.54, 1.807) is 13.2 Å². The van der Waals surface area contributed by atoms with Crippen LogP contribution in [0, 0.1) is 0 Å². The van der Waals surface area contributed by atoms with E-state index >= 15 is 0 Å². The van der Waals surface area contributed by atoms with Crippen LogP contribution in [0.3, 0.4) is 0 Å². The molecule has 0 saturated carbocycles. The van der Waals surface area contributed by atoms with Crippen molar-refractivity contribution in [3.8, 4) is 5.75 Å². The Morgan fingerprint density at radius 3 is 2.59 bits per heavy atom. The molecule has 0 radical (unpaired) electrons. The maximum atomic E-state index is 12.8. The van der Waals surface area contributed by atoms with Crippen LogP contribution in [-0.2, 0) is 0 Å². The quantitative estimate of drug-likeness (QED) is 0.712. The molecule has 1 amide bonds. The molecule has 140 valence electrons. The summed E-state index contributed by atoms with van der Waals surface area (Å²) in [5.74, 6) is 0.651. The number of aliphatic hydroxyl groups is 1. The fourth-order valence-electron chi connectivity index (χ4n) is 3.47. The number of nitrogens with zero attached hydrogens (tertiary/aromatic N) is 1. The number of methoxy groups -OCH3 is 1. The minimum atomic E-state index is -0.182. The van der Waals surface area contributed by atoms with Crippen molar-refractivity contribution in [1.82, 2.24) is 0 Å². The molecular formula is C21H22N2O3S. The number of hydrogen-bond donors (Lipinski definition) is 2. The standard InChI is InChI=1S/C21H22N2O3S/c1-26-19-7-6-18(20-17(19)10-13-27-20)21(25)22-14-2-4-15(5-3-14)23-11-8-16(24)9-12-23/h2-7,10,13,16,24H,8-9,11-12H2,1H3,(H,22,25). The molecule has 2 heterocycles. The van der Waals surface area contributed by atoms with Crippen LogP contribution >= 0.6 is 11.3 Å². The number of carbonyl (C=O) groups is 1. The first-order valence-corrected chi connectivity index (χ1v) is 9.92. The molecule has 0 unspecified atom stereocenters. The Kier molecular flexibility index (Phi) is 5.01. The minimum Gasteiger partial charge on any atom is -0.496 e. The third kappa shape index (κ3) is 3.63. The number of aliphatic hydroxyl groups excluding tert-OH is 1. The van der Waals surface area contributed by atoms with Crippen molar-refractivity contribution in [3.63, 3.8) is 0 Å². The first kappa shape index (κ1) is 17.8. The van der Waals surface area contributed by atoms with Gasteiger partial charge in [-0.2, -0.15) is 0 Å². The zero-order valence-electron chi connectivity index (χ0n) is 15.1. The number of thiophene rings is 1. The lowest BCUT2D eigenvalue weighted by molar-refractivity contribution is 0.102. The fourth-order valence-corrected chi connectivity index (χ4v) is 4.39. The van der Waals surface area contributed by atoms with Gasteiger partial charge in [0.25, 0.3) is 5.91 Å². The highest BCUT2D eigenvalue weighted by Crippen LogP contribution is 2.33. The van der Waals surface area contributed by atoms with Crippen molar-refractivity contribution in [2.45, 2.75) is 18.9 Å². The van der Waals surface area contributed by atoms with Gasteiger partial charge in [-0.3, -0.25) is 4.79 Å². The number of piperidine rings is 1. The molecule has 5 nitrogen and oxygen atoms in total. The Bertz CT molecular complexity index is 944. The number of hydrogen-bond acceptors (Lipinski definition) is 5. The van der Waals surface area contributed by atoms with E-state index in [2.05, 4.69) is 10.2 Å². The lowest BCUT2D eigenvalue weighted by atomic mass is 10.1. The summed E-state index contributed by atoms with van der Waals surface area (Å²) in [6.07, 6.45) is 1.41. The monoisotopic (exact) mass is 382 g/mol. The van der Waals surface area contributed by atoms with Crippen LogP contribution in [0.4, 0.5) is 11.4 Å². The number of amides is 1. The fraction of sp³-hybridized carbons (Fsp3) is 0.286. The molecule has 0 aliphatic carbocycles. The lowest BCUT2D eigenvalue weighted by Crippen LogP contribution is -2.35. The van der Waals surface area contributed by atoms with Crippen molar-refractivity contribution >= 4 is 38.7 Å². The second-order valence-electron chi connectivity index (χ2n) is 6.70. The van der Waals surface area contributed by atoms with Gasteiger partial charge in [-0.05, 0) is 60.7 Å². The number of benzene rings is 2. The number of anilines is 2. The van der Waals surface area contributed by atoms with Gasteiger partial charge in [-0.1, -0.05) is 0 Å². The topological polar surface area (TPSA) is 61.8 Å². The van der Waals surface area contributed by atoms with Crippen LogP contribution in [0.15, 0.2) is 47.8 Å². The molecule has 27 heavy (non-hydrogen) atoms. The summed E-state index contributed by atoms with van der Waals surface area (Å²) >= 11 is 1.54. The molecule has 1 aliphatic rings. The van der Waals surface area contributed by atoms with E-state index in [9.17, 15) is 9.90 Å². The minimum absolute atomic E-state index is 0.126. The molecule has 1 saturated heterocycles. The summed E-state index contributed by atoms with van der Waals surface area (Å²) in [5.41, 5.74) is 2.53. The normalized spacial score (nSPS) is 15.1. The molecule has 4 rings (SSSR count). The van der Waals surface area contributed by atoms with Crippen molar-refractivity contribution in [3.05, 3.63) is 53.4 Å². The highest BCUT2D eigenvalue weighted by Gasteiger charge is 2.18. The van der Waals surface area contributed by atoms with E-state index in [0.29, 0.717) is 5.56 Å². The van der Waals surface area contributed by atoms with E-state index in [1.807, 2.05) is 41.8 Å². The van der Waals surface area contributed by atoms with Gasteiger partial charge in [0.1, 0.15) is 5.75 Å². The maximum absolute atomic E-state index is 12.8. The van der Waals surface area contributed by atoms with Gasteiger partial charge in [0.2, 0.25) is 0 Å². The Balaban J connectivity index is 1.49.